The lowest BCUT2D eigenvalue weighted by Gasteiger charge is -2.32. The number of hydrogen-bond donors (Lipinski definition) is 1. The van der Waals surface area contributed by atoms with Gasteiger partial charge in [0.1, 0.15) is 0 Å². The minimum Gasteiger partial charge on any atom is -0.476 e. The summed E-state index contributed by atoms with van der Waals surface area (Å²) in [6, 6.07) is 3.76. The molecular formula is C16H14F3N3O2. The van der Waals surface area contributed by atoms with Crippen molar-refractivity contribution in [1.29, 1.82) is 0 Å². The van der Waals surface area contributed by atoms with E-state index < -0.39 is 17.7 Å². The Balaban J connectivity index is 1.95. The molecule has 0 spiro atoms. The molecule has 1 aliphatic heterocycles. The Kier molecular flexibility index (Phi) is 3.90. The van der Waals surface area contributed by atoms with Gasteiger partial charge in [0.2, 0.25) is 0 Å². The Hall–Kier alpha value is -2.64. The summed E-state index contributed by atoms with van der Waals surface area (Å²) in [5.41, 5.74) is 1.65. The summed E-state index contributed by atoms with van der Waals surface area (Å²) in [4.78, 5) is 13.0. The highest BCUT2D eigenvalue weighted by Crippen LogP contribution is 2.33. The Morgan fingerprint density at radius 2 is 2.04 bits per heavy atom. The van der Waals surface area contributed by atoms with Crippen LogP contribution in [0.1, 0.15) is 32.7 Å². The second-order valence-electron chi connectivity index (χ2n) is 5.66. The molecule has 1 N–H and O–H groups in total. The maximum Gasteiger partial charge on any atom is 0.416 e. The summed E-state index contributed by atoms with van der Waals surface area (Å²) in [7, 11) is 0. The van der Waals surface area contributed by atoms with Crippen molar-refractivity contribution in [3.8, 4) is 0 Å². The third kappa shape index (κ3) is 2.91. The maximum atomic E-state index is 12.9. The number of rotatable bonds is 2. The van der Waals surface area contributed by atoms with Crippen LogP contribution in [0.4, 0.5) is 18.9 Å². The van der Waals surface area contributed by atoms with E-state index in [1.807, 2.05) is 4.90 Å². The number of anilines is 1. The van der Waals surface area contributed by atoms with E-state index >= 15 is 0 Å². The monoisotopic (exact) mass is 337 g/mol. The second kappa shape index (κ2) is 5.77. The van der Waals surface area contributed by atoms with Crippen LogP contribution < -0.4 is 4.90 Å². The second-order valence-corrected chi connectivity index (χ2v) is 5.66. The summed E-state index contributed by atoms with van der Waals surface area (Å²) >= 11 is 0. The highest BCUT2D eigenvalue weighted by Gasteiger charge is 2.32. The number of aromatic carboxylic acids is 1. The van der Waals surface area contributed by atoms with Crippen molar-refractivity contribution in [2.45, 2.75) is 26.1 Å². The average molecular weight is 337 g/mol. The van der Waals surface area contributed by atoms with Crippen LogP contribution in [-0.4, -0.2) is 27.8 Å². The van der Waals surface area contributed by atoms with Crippen molar-refractivity contribution in [3.05, 3.63) is 52.3 Å². The summed E-state index contributed by atoms with van der Waals surface area (Å²) in [6.07, 6.45) is -2.36. The lowest BCUT2D eigenvalue weighted by Crippen LogP contribution is -2.31. The number of hydrogen-bond acceptors (Lipinski definition) is 4. The number of fused-ring (bicyclic) bond motifs is 1. The zero-order valence-corrected chi connectivity index (χ0v) is 12.8. The van der Waals surface area contributed by atoms with Gasteiger partial charge in [0.15, 0.2) is 5.69 Å². The Morgan fingerprint density at radius 1 is 1.29 bits per heavy atom. The van der Waals surface area contributed by atoms with E-state index in [1.165, 1.54) is 12.3 Å². The topological polar surface area (TPSA) is 66.3 Å². The number of aromatic nitrogens is 2. The fourth-order valence-electron chi connectivity index (χ4n) is 2.90. The highest BCUT2D eigenvalue weighted by molar-refractivity contribution is 5.88. The average Bonchev–Trinajstić information content (AvgIpc) is 2.53. The molecule has 3 rings (SSSR count). The number of carboxylic acids is 1. The molecule has 0 fully saturated rings. The van der Waals surface area contributed by atoms with Gasteiger partial charge in [0.05, 0.1) is 17.4 Å². The van der Waals surface area contributed by atoms with Crippen LogP contribution in [0.2, 0.25) is 0 Å². The number of halogens is 3. The molecule has 1 aromatic heterocycles. The van der Waals surface area contributed by atoms with Gasteiger partial charge in [-0.15, -0.1) is 5.10 Å². The van der Waals surface area contributed by atoms with Crippen molar-refractivity contribution < 1.29 is 23.1 Å². The molecule has 2 aromatic rings. The molecule has 0 saturated heterocycles. The Morgan fingerprint density at radius 3 is 2.71 bits per heavy atom. The third-order valence-electron chi connectivity index (χ3n) is 4.17. The van der Waals surface area contributed by atoms with Crippen molar-refractivity contribution in [1.82, 2.24) is 10.2 Å². The molecule has 0 unspecified atom stereocenters. The quantitative estimate of drug-likeness (QED) is 0.912. The standard InChI is InChI=1S/C16H14F3N3O2/c1-9-13(7-20-21-14(9)15(23)24)22-5-4-10-2-3-12(16(17,18)19)6-11(10)8-22/h2-3,6-7H,4-5,8H2,1H3,(H,23,24). The van der Waals surface area contributed by atoms with E-state index in [2.05, 4.69) is 10.2 Å². The first kappa shape index (κ1) is 16.2. The first-order chi connectivity index (χ1) is 11.3. The number of nitrogens with zero attached hydrogens (tertiary/aromatic N) is 3. The molecule has 0 radical (unpaired) electrons. The molecule has 0 aliphatic carbocycles. The molecule has 0 atom stereocenters. The van der Waals surface area contributed by atoms with Crippen molar-refractivity contribution >= 4 is 11.7 Å². The first-order valence-corrected chi connectivity index (χ1v) is 7.27. The van der Waals surface area contributed by atoms with Gasteiger partial charge in [-0.25, -0.2) is 4.79 Å². The number of benzene rings is 1. The van der Waals surface area contributed by atoms with Gasteiger partial charge in [0, 0.05) is 18.7 Å². The van der Waals surface area contributed by atoms with Gasteiger partial charge in [-0.2, -0.15) is 18.3 Å². The van der Waals surface area contributed by atoms with Crippen LogP contribution in [0.25, 0.3) is 0 Å². The third-order valence-corrected chi connectivity index (χ3v) is 4.17. The van der Waals surface area contributed by atoms with Gasteiger partial charge in [-0.05, 0) is 36.6 Å². The Bertz CT molecular complexity index is 806. The highest BCUT2D eigenvalue weighted by atomic mass is 19.4. The summed E-state index contributed by atoms with van der Waals surface area (Å²) in [5, 5.41) is 16.4. The van der Waals surface area contributed by atoms with E-state index in [1.54, 1.807) is 6.92 Å². The van der Waals surface area contributed by atoms with E-state index in [4.69, 9.17) is 5.11 Å². The minimum atomic E-state index is -4.39. The van der Waals surface area contributed by atoms with Crippen LogP contribution in [0.15, 0.2) is 24.4 Å². The van der Waals surface area contributed by atoms with Crippen molar-refractivity contribution in [2.24, 2.45) is 0 Å². The molecule has 126 valence electrons. The summed E-state index contributed by atoms with van der Waals surface area (Å²) in [6.45, 7) is 2.46. The molecule has 0 saturated carbocycles. The van der Waals surface area contributed by atoms with Gasteiger partial charge in [-0.3, -0.25) is 0 Å². The summed E-state index contributed by atoms with van der Waals surface area (Å²) < 4.78 is 38.7. The fourth-order valence-corrected chi connectivity index (χ4v) is 2.90. The van der Waals surface area contributed by atoms with Crippen LogP contribution in [0.3, 0.4) is 0 Å². The molecule has 2 heterocycles. The van der Waals surface area contributed by atoms with Crippen LogP contribution in [-0.2, 0) is 19.1 Å². The predicted molar refractivity (Wildman–Crippen MR) is 79.9 cm³/mol. The van der Waals surface area contributed by atoms with Gasteiger partial charge >= 0.3 is 12.1 Å². The van der Waals surface area contributed by atoms with Crippen LogP contribution >= 0.6 is 0 Å². The zero-order chi connectivity index (χ0) is 17.5. The van der Waals surface area contributed by atoms with E-state index in [0.717, 1.165) is 17.7 Å². The minimum absolute atomic E-state index is 0.151. The normalized spacial score (nSPS) is 14.4. The number of alkyl halides is 3. The smallest absolute Gasteiger partial charge is 0.416 e. The largest absolute Gasteiger partial charge is 0.476 e. The van der Waals surface area contributed by atoms with Crippen molar-refractivity contribution in [3.63, 3.8) is 0 Å². The van der Waals surface area contributed by atoms with E-state index in [9.17, 15) is 18.0 Å². The van der Waals surface area contributed by atoms with Crippen molar-refractivity contribution in [2.75, 3.05) is 11.4 Å². The van der Waals surface area contributed by atoms with E-state index in [-0.39, 0.29) is 12.2 Å². The Labute approximate surface area is 135 Å². The SMILES string of the molecule is Cc1c(N2CCc3ccc(C(F)(F)F)cc3C2)cnnc1C(=O)O. The van der Waals surface area contributed by atoms with Gasteiger partial charge in [-0.1, -0.05) is 6.07 Å². The summed E-state index contributed by atoms with van der Waals surface area (Å²) in [5.74, 6) is -1.18. The molecular weight excluding hydrogens is 323 g/mol. The molecule has 1 aliphatic rings. The first-order valence-electron chi connectivity index (χ1n) is 7.27. The molecule has 5 nitrogen and oxygen atoms in total. The van der Waals surface area contributed by atoms with Crippen LogP contribution in [0.5, 0.6) is 0 Å². The zero-order valence-electron chi connectivity index (χ0n) is 12.8. The maximum absolute atomic E-state index is 12.9. The predicted octanol–water partition coefficient (Wildman–Crippen LogP) is 3.06. The molecule has 1 aromatic carbocycles. The van der Waals surface area contributed by atoms with Gasteiger partial charge < -0.3 is 10.0 Å². The fraction of sp³-hybridized carbons (Fsp3) is 0.312. The van der Waals surface area contributed by atoms with Gasteiger partial charge in [0.25, 0.3) is 0 Å². The van der Waals surface area contributed by atoms with E-state index in [0.29, 0.717) is 29.8 Å². The molecule has 24 heavy (non-hydrogen) atoms. The lowest BCUT2D eigenvalue weighted by atomic mass is 9.96. The number of carboxylic acid groups (broad SMARTS) is 1. The molecule has 8 heteroatoms. The molecule has 0 bridgehead atoms. The lowest BCUT2D eigenvalue weighted by molar-refractivity contribution is -0.137. The molecule has 0 amide bonds. The van der Waals surface area contributed by atoms with Crippen LogP contribution in [0, 0.1) is 6.92 Å². The number of carbonyl (C=O) groups is 1.